The van der Waals surface area contributed by atoms with Gasteiger partial charge in [-0.2, -0.15) is 0 Å². The molecule has 6 nitrogen and oxygen atoms in total. The number of amides is 2. The van der Waals surface area contributed by atoms with E-state index in [0.717, 1.165) is 38.0 Å². The summed E-state index contributed by atoms with van der Waals surface area (Å²) in [6.45, 7) is 11.4. The van der Waals surface area contributed by atoms with Crippen molar-refractivity contribution >= 4 is 23.2 Å². The standard InChI is InChI=1S/C29H41N3O3/c1-21(19-29(2,3)4)17-27(33)31-24-11-12-26(25(18-24)28(34)30-14-8-16-35-5)32-15-13-22-9-6-7-10-23(22)20-32/h6-7,9-12,18,21H,8,13-17,19-20H2,1-5H3,(H,30,34)(H,31,33). The predicted octanol–water partition coefficient (Wildman–Crippen LogP) is 5.42. The van der Waals surface area contributed by atoms with Gasteiger partial charge in [-0.05, 0) is 59.9 Å². The van der Waals surface area contributed by atoms with Gasteiger partial charge in [0, 0.05) is 51.1 Å². The van der Waals surface area contributed by atoms with Gasteiger partial charge in [0.25, 0.3) is 5.91 Å². The normalized spacial score (nSPS) is 14.3. The molecule has 0 aromatic heterocycles. The SMILES string of the molecule is COCCCNC(=O)c1cc(NC(=O)CC(C)CC(C)(C)C)ccc1N1CCc2ccccc2C1. The molecule has 1 unspecified atom stereocenters. The van der Waals surface area contributed by atoms with Crippen LogP contribution in [0.5, 0.6) is 0 Å². The first-order valence-electron chi connectivity index (χ1n) is 12.7. The molecule has 1 heterocycles. The topological polar surface area (TPSA) is 70.7 Å². The van der Waals surface area contributed by atoms with E-state index in [-0.39, 0.29) is 23.1 Å². The third-order valence-electron chi connectivity index (χ3n) is 6.30. The first kappa shape index (κ1) is 26.7. The van der Waals surface area contributed by atoms with Gasteiger partial charge in [0.05, 0.1) is 5.56 Å². The van der Waals surface area contributed by atoms with E-state index in [1.807, 2.05) is 18.2 Å². The summed E-state index contributed by atoms with van der Waals surface area (Å²) in [5.41, 5.74) is 4.96. The fraction of sp³-hybridized carbons (Fsp3) is 0.517. The fourth-order valence-corrected chi connectivity index (χ4v) is 4.93. The smallest absolute Gasteiger partial charge is 0.253 e. The highest BCUT2D eigenvalue weighted by Crippen LogP contribution is 2.30. The lowest BCUT2D eigenvalue weighted by atomic mass is 9.84. The summed E-state index contributed by atoms with van der Waals surface area (Å²) in [6, 6.07) is 14.1. The molecule has 0 aliphatic carbocycles. The molecule has 3 rings (SSSR count). The molecule has 2 aromatic rings. The lowest BCUT2D eigenvalue weighted by molar-refractivity contribution is -0.117. The fourth-order valence-electron chi connectivity index (χ4n) is 4.93. The van der Waals surface area contributed by atoms with Crippen molar-refractivity contribution < 1.29 is 14.3 Å². The third-order valence-corrected chi connectivity index (χ3v) is 6.30. The molecule has 35 heavy (non-hydrogen) atoms. The van der Waals surface area contributed by atoms with Crippen molar-refractivity contribution in [2.45, 2.75) is 59.9 Å². The summed E-state index contributed by atoms with van der Waals surface area (Å²) < 4.78 is 5.10. The molecular formula is C29H41N3O3. The van der Waals surface area contributed by atoms with Crippen LogP contribution in [-0.4, -0.2) is 38.6 Å². The summed E-state index contributed by atoms with van der Waals surface area (Å²) in [4.78, 5) is 28.2. The van der Waals surface area contributed by atoms with E-state index < -0.39 is 0 Å². The number of benzene rings is 2. The van der Waals surface area contributed by atoms with Crippen LogP contribution in [0, 0.1) is 11.3 Å². The molecule has 190 valence electrons. The number of hydrogen-bond donors (Lipinski definition) is 2. The van der Waals surface area contributed by atoms with Gasteiger partial charge in [-0.3, -0.25) is 9.59 Å². The largest absolute Gasteiger partial charge is 0.385 e. The second kappa shape index (κ2) is 12.2. The van der Waals surface area contributed by atoms with Crippen molar-refractivity contribution in [3.05, 3.63) is 59.2 Å². The first-order chi connectivity index (χ1) is 16.7. The van der Waals surface area contributed by atoms with Gasteiger partial charge in [-0.15, -0.1) is 0 Å². The minimum absolute atomic E-state index is 0.0205. The van der Waals surface area contributed by atoms with Gasteiger partial charge in [-0.1, -0.05) is 52.0 Å². The molecule has 1 aliphatic heterocycles. The summed E-state index contributed by atoms with van der Waals surface area (Å²) >= 11 is 0. The maximum atomic E-state index is 13.2. The van der Waals surface area contributed by atoms with E-state index in [9.17, 15) is 9.59 Å². The van der Waals surface area contributed by atoms with Crippen molar-refractivity contribution in [3.8, 4) is 0 Å². The number of ether oxygens (including phenoxy) is 1. The Kier molecular flexibility index (Phi) is 9.33. The maximum absolute atomic E-state index is 13.2. The Labute approximate surface area is 210 Å². The Hall–Kier alpha value is -2.86. The number of methoxy groups -OCH3 is 1. The molecule has 2 aromatic carbocycles. The van der Waals surface area contributed by atoms with Gasteiger partial charge in [0.15, 0.2) is 0 Å². The van der Waals surface area contributed by atoms with Crippen LogP contribution in [0.4, 0.5) is 11.4 Å². The Balaban J connectivity index is 1.77. The molecule has 0 saturated heterocycles. The first-order valence-corrected chi connectivity index (χ1v) is 12.7. The highest BCUT2D eigenvalue weighted by molar-refractivity contribution is 6.02. The lowest BCUT2D eigenvalue weighted by Crippen LogP contribution is -2.33. The highest BCUT2D eigenvalue weighted by Gasteiger charge is 2.23. The second-order valence-corrected chi connectivity index (χ2v) is 10.9. The van der Waals surface area contributed by atoms with E-state index in [4.69, 9.17) is 4.74 Å². The van der Waals surface area contributed by atoms with Crippen LogP contribution < -0.4 is 15.5 Å². The van der Waals surface area contributed by atoms with Crippen LogP contribution in [0.2, 0.25) is 0 Å². The van der Waals surface area contributed by atoms with Crippen LogP contribution in [0.25, 0.3) is 0 Å². The van der Waals surface area contributed by atoms with Crippen molar-refractivity contribution in [1.29, 1.82) is 0 Å². The van der Waals surface area contributed by atoms with Crippen molar-refractivity contribution in [2.75, 3.05) is 37.0 Å². The zero-order valence-electron chi connectivity index (χ0n) is 21.9. The van der Waals surface area contributed by atoms with Crippen molar-refractivity contribution in [2.24, 2.45) is 11.3 Å². The monoisotopic (exact) mass is 479 g/mol. The van der Waals surface area contributed by atoms with Crippen LogP contribution in [0.15, 0.2) is 42.5 Å². The average molecular weight is 480 g/mol. The predicted molar refractivity (Wildman–Crippen MR) is 143 cm³/mol. The molecule has 1 atom stereocenters. The molecule has 0 spiro atoms. The van der Waals surface area contributed by atoms with Crippen LogP contribution in [0.3, 0.4) is 0 Å². The quantitative estimate of drug-likeness (QED) is 0.447. The summed E-state index contributed by atoms with van der Waals surface area (Å²) in [7, 11) is 1.66. The summed E-state index contributed by atoms with van der Waals surface area (Å²) in [5, 5.41) is 6.03. The number of carbonyl (C=O) groups is 2. The number of rotatable bonds is 10. The molecule has 2 N–H and O–H groups in total. The molecule has 0 saturated carbocycles. The summed E-state index contributed by atoms with van der Waals surface area (Å²) in [5.74, 6) is 0.131. The van der Waals surface area contributed by atoms with Crippen molar-refractivity contribution in [1.82, 2.24) is 5.32 Å². The zero-order chi connectivity index (χ0) is 25.4. The van der Waals surface area contributed by atoms with E-state index in [1.165, 1.54) is 11.1 Å². The molecule has 1 aliphatic rings. The average Bonchev–Trinajstić information content (AvgIpc) is 2.80. The lowest BCUT2D eigenvalue weighted by Gasteiger charge is -2.32. The molecule has 6 heteroatoms. The molecular weight excluding hydrogens is 438 g/mol. The number of nitrogens with zero attached hydrogens (tertiary/aromatic N) is 1. The van der Waals surface area contributed by atoms with E-state index in [1.54, 1.807) is 7.11 Å². The van der Waals surface area contributed by atoms with E-state index in [0.29, 0.717) is 30.8 Å². The van der Waals surface area contributed by atoms with Gasteiger partial charge in [-0.25, -0.2) is 0 Å². The minimum atomic E-state index is -0.132. The van der Waals surface area contributed by atoms with Crippen LogP contribution >= 0.6 is 0 Å². The molecule has 2 amide bonds. The van der Waals surface area contributed by atoms with Crippen molar-refractivity contribution in [3.63, 3.8) is 0 Å². The van der Waals surface area contributed by atoms with Gasteiger partial charge in [0.2, 0.25) is 5.91 Å². The Morgan fingerprint density at radius 3 is 2.57 bits per heavy atom. The molecule has 0 radical (unpaired) electrons. The van der Waals surface area contributed by atoms with Crippen LogP contribution in [-0.2, 0) is 22.5 Å². The van der Waals surface area contributed by atoms with E-state index in [2.05, 4.69) is 67.5 Å². The van der Waals surface area contributed by atoms with Gasteiger partial charge < -0.3 is 20.3 Å². The highest BCUT2D eigenvalue weighted by atomic mass is 16.5. The van der Waals surface area contributed by atoms with E-state index >= 15 is 0 Å². The van der Waals surface area contributed by atoms with Gasteiger partial charge in [0.1, 0.15) is 0 Å². The zero-order valence-corrected chi connectivity index (χ0v) is 21.9. The number of nitrogens with one attached hydrogen (secondary N) is 2. The minimum Gasteiger partial charge on any atom is -0.385 e. The Bertz CT molecular complexity index is 1010. The molecule has 0 fully saturated rings. The second-order valence-electron chi connectivity index (χ2n) is 10.9. The number of carbonyl (C=O) groups excluding carboxylic acids is 2. The molecule has 0 bridgehead atoms. The van der Waals surface area contributed by atoms with Gasteiger partial charge >= 0.3 is 0 Å². The summed E-state index contributed by atoms with van der Waals surface area (Å²) in [6.07, 6.45) is 3.12. The number of anilines is 2. The maximum Gasteiger partial charge on any atom is 0.253 e. The number of hydrogen-bond acceptors (Lipinski definition) is 4. The Morgan fingerprint density at radius 1 is 1.11 bits per heavy atom. The number of fused-ring (bicyclic) bond motifs is 1. The Morgan fingerprint density at radius 2 is 1.86 bits per heavy atom. The third kappa shape index (κ3) is 8.10. The van der Waals surface area contributed by atoms with Crippen LogP contribution in [0.1, 0.15) is 68.4 Å².